The zero-order valence-electron chi connectivity index (χ0n) is 18.6. The number of fused-ring (bicyclic) bond motifs is 5. The first-order valence-corrected chi connectivity index (χ1v) is 11.3. The Morgan fingerprint density at radius 1 is 1.12 bits per heavy atom. The fourth-order valence-electron chi connectivity index (χ4n) is 5.11. The number of hydrogen-bond donors (Lipinski definition) is 1. The van der Waals surface area contributed by atoms with E-state index < -0.39 is 0 Å². The molecule has 1 aliphatic carbocycles. The topological polar surface area (TPSA) is 51.6 Å². The molecule has 3 heterocycles. The molecule has 4 aliphatic rings. The van der Waals surface area contributed by atoms with Gasteiger partial charge < -0.3 is 24.3 Å². The van der Waals surface area contributed by atoms with Crippen molar-refractivity contribution in [2.24, 2.45) is 0 Å². The smallest absolute Gasteiger partial charge is 0.169 e. The summed E-state index contributed by atoms with van der Waals surface area (Å²) in [6, 6.07) is 8.27. The normalized spacial score (nSPS) is 19.2. The van der Waals surface area contributed by atoms with Crippen molar-refractivity contribution in [2.75, 3.05) is 38.8 Å². The summed E-state index contributed by atoms with van der Waals surface area (Å²) < 4.78 is 29.3. The molecule has 0 radical (unpaired) electrons. The number of nitrogens with zero attached hydrogens (tertiary/aromatic N) is 3. The summed E-state index contributed by atoms with van der Waals surface area (Å²) in [6.45, 7) is 4.43. The lowest BCUT2D eigenvalue weighted by atomic mass is 10.0. The van der Waals surface area contributed by atoms with E-state index in [0.29, 0.717) is 23.5 Å². The molecule has 1 saturated carbocycles. The Hall–Kier alpha value is -3.06. The highest BCUT2D eigenvalue weighted by Gasteiger charge is 2.32. The molecule has 166 valence electrons. The molecule has 7 heteroatoms. The zero-order chi connectivity index (χ0) is 22.0. The van der Waals surface area contributed by atoms with Crippen LogP contribution in [0, 0.1) is 5.82 Å². The van der Waals surface area contributed by atoms with Crippen LogP contribution < -0.4 is 19.7 Å². The molecule has 1 saturated heterocycles. The van der Waals surface area contributed by atoms with Crippen molar-refractivity contribution in [3.8, 4) is 22.8 Å². The second-order valence-corrected chi connectivity index (χ2v) is 8.96. The van der Waals surface area contributed by atoms with Gasteiger partial charge in [-0.25, -0.2) is 9.37 Å². The average Bonchev–Trinajstić information content (AvgIpc) is 3.58. The van der Waals surface area contributed by atoms with Gasteiger partial charge in [-0.15, -0.1) is 0 Å². The van der Waals surface area contributed by atoms with Crippen LogP contribution >= 0.6 is 0 Å². The van der Waals surface area contributed by atoms with E-state index in [1.807, 2.05) is 18.2 Å². The summed E-state index contributed by atoms with van der Waals surface area (Å²) in [5.41, 5.74) is 4.18. The molecule has 2 fully saturated rings. The molecule has 6 rings (SSSR count). The molecule has 2 aromatic carbocycles. The number of ether oxygens (including phenoxy) is 2. The summed E-state index contributed by atoms with van der Waals surface area (Å²) in [5.74, 6) is 1.11. The van der Waals surface area contributed by atoms with Gasteiger partial charge in [-0.2, -0.15) is 0 Å². The van der Waals surface area contributed by atoms with Gasteiger partial charge >= 0.3 is 0 Å². The van der Waals surface area contributed by atoms with Crippen LogP contribution in [0.4, 0.5) is 10.1 Å². The molecular formula is C25H27FN4O2. The fraction of sp³-hybridized carbons (Fsp3) is 0.400. The summed E-state index contributed by atoms with van der Waals surface area (Å²) in [5, 5.41) is 5.28. The Labute approximate surface area is 186 Å². The standard InChI is InChI=1S/C25H27FN4O2/c1-14-12-29(9-8-27-14)24-20(26)11-18-22-19(17-7-6-16(31-2)10-21(17)28-22)13-30(15-4-5-15)23(18)25(24)32-3/h6-7,10-11,13-15,27H,4-5,8-9,12H2,1-3H3. The number of rotatable bonds is 4. The summed E-state index contributed by atoms with van der Waals surface area (Å²) in [7, 11) is 3.30. The highest BCUT2D eigenvalue weighted by molar-refractivity contribution is 6.09. The predicted octanol–water partition coefficient (Wildman–Crippen LogP) is 4.58. The molecule has 3 aliphatic heterocycles. The van der Waals surface area contributed by atoms with Crippen molar-refractivity contribution in [2.45, 2.75) is 31.8 Å². The van der Waals surface area contributed by atoms with E-state index in [-0.39, 0.29) is 5.82 Å². The zero-order valence-corrected chi connectivity index (χ0v) is 18.6. The first kappa shape index (κ1) is 19.6. The number of pyridine rings is 1. The van der Waals surface area contributed by atoms with Gasteiger partial charge in [-0.3, -0.25) is 0 Å². The van der Waals surface area contributed by atoms with Gasteiger partial charge in [0.05, 0.1) is 30.9 Å². The van der Waals surface area contributed by atoms with Gasteiger partial charge in [0.2, 0.25) is 0 Å². The number of nitrogens with one attached hydrogen (secondary N) is 1. The first-order chi connectivity index (χ1) is 15.6. The SMILES string of the molecule is COc1ccc2c3cn(C4CC4)c4c(OC)c(N5CCNC(C)C5)c(F)cc4c-3nc2c1. The molecule has 1 unspecified atom stereocenters. The lowest BCUT2D eigenvalue weighted by Crippen LogP contribution is -2.49. The van der Waals surface area contributed by atoms with Crippen molar-refractivity contribution in [3.05, 3.63) is 36.3 Å². The number of benzene rings is 2. The quantitative estimate of drug-likeness (QED) is 0.509. The summed E-state index contributed by atoms with van der Waals surface area (Å²) >= 11 is 0. The highest BCUT2D eigenvalue weighted by atomic mass is 19.1. The summed E-state index contributed by atoms with van der Waals surface area (Å²) in [6.07, 6.45) is 4.42. The number of anilines is 1. The monoisotopic (exact) mass is 434 g/mol. The van der Waals surface area contributed by atoms with E-state index in [1.165, 1.54) is 0 Å². The number of hydrogen-bond acceptors (Lipinski definition) is 5. The number of halogens is 1. The molecule has 2 aromatic rings. The Morgan fingerprint density at radius 3 is 2.69 bits per heavy atom. The van der Waals surface area contributed by atoms with Crippen LogP contribution in [0.25, 0.3) is 33.1 Å². The first-order valence-electron chi connectivity index (χ1n) is 11.3. The van der Waals surface area contributed by atoms with Gasteiger partial charge in [0, 0.05) is 60.3 Å². The van der Waals surface area contributed by atoms with Crippen molar-refractivity contribution in [1.29, 1.82) is 0 Å². The maximum atomic E-state index is 15.7. The van der Waals surface area contributed by atoms with E-state index in [2.05, 4.69) is 27.9 Å². The maximum absolute atomic E-state index is 15.7. The van der Waals surface area contributed by atoms with E-state index >= 15 is 4.39 Å². The Morgan fingerprint density at radius 2 is 1.97 bits per heavy atom. The van der Waals surface area contributed by atoms with E-state index in [9.17, 15) is 0 Å². The number of aromatic nitrogens is 2. The van der Waals surface area contributed by atoms with Crippen LogP contribution in [0.15, 0.2) is 30.5 Å². The van der Waals surface area contributed by atoms with Crippen LogP contribution in [0.2, 0.25) is 0 Å². The fourth-order valence-corrected chi connectivity index (χ4v) is 5.11. The Balaban J connectivity index is 1.68. The number of piperazine rings is 1. The van der Waals surface area contributed by atoms with E-state index in [0.717, 1.165) is 71.3 Å². The molecule has 32 heavy (non-hydrogen) atoms. The number of methoxy groups -OCH3 is 2. The van der Waals surface area contributed by atoms with Gasteiger partial charge in [0.15, 0.2) is 11.6 Å². The minimum Gasteiger partial charge on any atom is -0.497 e. The van der Waals surface area contributed by atoms with E-state index in [4.69, 9.17) is 14.5 Å². The van der Waals surface area contributed by atoms with Crippen LogP contribution in [-0.2, 0) is 0 Å². The Bertz CT molecular complexity index is 1310. The third-order valence-electron chi connectivity index (χ3n) is 6.78. The molecule has 0 bridgehead atoms. The molecule has 6 nitrogen and oxygen atoms in total. The van der Waals surface area contributed by atoms with Crippen molar-refractivity contribution in [1.82, 2.24) is 14.9 Å². The molecule has 1 N–H and O–H groups in total. The minimum absolute atomic E-state index is 0.261. The van der Waals surface area contributed by atoms with E-state index in [1.54, 1.807) is 20.3 Å². The lowest BCUT2D eigenvalue weighted by molar-refractivity contribution is 0.407. The van der Waals surface area contributed by atoms with Crippen LogP contribution in [0.5, 0.6) is 11.5 Å². The van der Waals surface area contributed by atoms with Crippen molar-refractivity contribution < 1.29 is 13.9 Å². The Kier molecular flexibility index (Phi) is 4.43. The molecule has 1 atom stereocenters. The molecular weight excluding hydrogens is 407 g/mol. The second-order valence-electron chi connectivity index (χ2n) is 8.96. The van der Waals surface area contributed by atoms with Gasteiger partial charge in [0.25, 0.3) is 0 Å². The molecule has 0 spiro atoms. The van der Waals surface area contributed by atoms with Crippen LogP contribution in [-0.4, -0.2) is 49.4 Å². The molecule has 0 aromatic heterocycles. The average molecular weight is 435 g/mol. The van der Waals surface area contributed by atoms with Gasteiger partial charge in [0.1, 0.15) is 11.4 Å². The molecule has 0 amide bonds. The summed E-state index contributed by atoms with van der Waals surface area (Å²) in [4.78, 5) is 7.01. The predicted molar refractivity (Wildman–Crippen MR) is 125 cm³/mol. The van der Waals surface area contributed by atoms with Crippen molar-refractivity contribution in [3.63, 3.8) is 0 Å². The largest absolute Gasteiger partial charge is 0.497 e. The third-order valence-corrected chi connectivity index (χ3v) is 6.78. The third kappa shape index (κ3) is 2.91. The highest BCUT2D eigenvalue weighted by Crippen LogP contribution is 2.49. The minimum atomic E-state index is -0.261. The van der Waals surface area contributed by atoms with Crippen LogP contribution in [0.3, 0.4) is 0 Å². The van der Waals surface area contributed by atoms with Crippen molar-refractivity contribution >= 4 is 27.5 Å². The van der Waals surface area contributed by atoms with Crippen LogP contribution in [0.1, 0.15) is 25.8 Å². The maximum Gasteiger partial charge on any atom is 0.169 e. The lowest BCUT2D eigenvalue weighted by Gasteiger charge is -2.35. The van der Waals surface area contributed by atoms with Gasteiger partial charge in [-0.1, -0.05) is 0 Å². The second kappa shape index (κ2) is 7.24. The van der Waals surface area contributed by atoms with Gasteiger partial charge in [-0.05, 0) is 38.0 Å².